The molecule has 0 radical (unpaired) electrons. The third-order valence-electron chi connectivity index (χ3n) is 1.65. The van der Waals surface area contributed by atoms with Gasteiger partial charge in [0.05, 0.1) is 6.54 Å². The van der Waals surface area contributed by atoms with Gasteiger partial charge in [0.25, 0.3) is 6.01 Å². The lowest BCUT2D eigenvalue weighted by Crippen LogP contribution is -2.23. The Bertz CT molecular complexity index is 364. The van der Waals surface area contributed by atoms with Crippen molar-refractivity contribution in [2.24, 2.45) is 0 Å². The van der Waals surface area contributed by atoms with Gasteiger partial charge in [-0.1, -0.05) is 5.92 Å². The number of oxazole rings is 1. The highest BCUT2D eigenvalue weighted by Gasteiger charge is 2.14. The highest BCUT2D eigenvalue weighted by molar-refractivity contribution is 5.85. The minimum Gasteiger partial charge on any atom is -0.476 e. The van der Waals surface area contributed by atoms with E-state index in [9.17, 15) is 4.79 Å². The molecule has 1 aromatic rings. The zero-order valence-electron chi connectivity index (χ0n) is 7.73. The normalized spacial score (nSPS) is 9.43. The zero-order chi connectivity index (χ0) is 10.6. The van der Waals surface area contributed by atoms with Crippen molar-refractivity contribution in [1.82, 2.24) is 4.98 Å². The predicted molar refractivity (Wildman–Crippen MR) is 50.2 cm³/mol. The van der Waals surface area contributed by atoms with E-state index in [1.807, 2.05) is 6.92 Å². The monoisotopic (exact) mass is 194 g/mol. The summed E-state index contributed by atoms with van der Waals surface area (Å²) >= 11 is 0. The fraction of sp³-hybridized carbons (Fsp3) is 0.333. The average Bonchev–Trinajstić information content (AvgIpc) is 2.63. The van der Waals surface area contributed by atoms with Crippen LogP contribution in [0.5, 0.6) is 0 Å². The number of anilines is 1. The predicted octanol–water partition coefficient (Wildman–Crippen LogP) is 0.832. The molecule has 0 saturated carbocycles. The molecule has 0 aliphatic rings. The van der Waals surface area contributed by atoms with Gasteiger partial charge in [-0.15, -0.1) is 6.42 Å². The van der Waals surface area contributed by atoms with Gasteiger partial charge in [0.2, 0.25) is 0 Å². The third kappa shape index (κ3) is 2.04. The van der Waals surface area contributed by atoms with E-state index >= 15 is 0 Å². The molecule has 0 saturated heterocycles. The molecule has 0 bridgehead atoms. The largest absolute Gasteiger partial charge is 0.476 e. The Labute approximate surface area is 81.3 Å². The highest BCUT2D eigenvalue weighted by atomic mass is 16.4. The number of carboxylic acid groups (broad SMARTS) is 1. The molecule has 74 valence electrons. The van der Waals surface area contributed by atoms with Crippen molar-refractivity contribution in [3.05, 3.63) is 12.0 Å². The number of terminal acetylenes is 1. The van der Waals surface area contributed by atoms with Crippen LogP contribution < -0.4 is 4.90 Å². The summed E-state index contributed by atoms with van der Waals surface area (Å²) in [5.41, 5.74) is -0.115. The van der Waals surface area contributed by atoms with E-state index in [0.29, 0.717) is 13.1 Å². The number of nitrogens with zero attached hydrogens (tertiary/aromatic N) is 2. The summed E-state index contributed by atoms with van der Waals surface area (Å²) in [7, 11) is 0. The summed E-state index contributed by atoms with van der Waals surface area (Å²) in [5.74, 6) is 1.32. The van der Waals surface area contributed by atoms with Crippen LogP contribution in [0.3, 0.4) is 0 Å². The molecule has 14 heavy (non-hydrogen) atoms. The molecule has 1 heterocycles. The van der Waals surface area contributed by atoms with Crippen molar-refractivity contribution in [3.8, 4) is 12.3 Å². The second-order valence-corrected chi connectivity index (χ2v) is 2.54. The van der Waals surface area contributed by atoms with Gasteiger partial charge in [0, 0.05) is 6.54 Å². The topological polar surface area (TPSA) is 66.6 Å². The molecule has 1 aromatic heterocycles. The molecule has 0 fully saturated rings. The lowest BCUT2D eigenvalue weighted by Gasteiger charge is -2.13. The molecule has 5 nitrogen and oxygen atoms in total. The van der Waals surface area contributed by atoms with Crippen LogP contribution in [0.4, 0.5) is 6.01 Å². The van der Waals surface area contributed by atoms with E-state index < -0.39 is 5.97 Å². The van der Waals surface area contributed by atoms with Crippen LogP contribution >= 0.6 is 0 Å². The molecule has 0 aromatic carbocycles. The summed E-state index contributed by atoms with van der Waals surface area (Å²) in [5, 5.41) is 8.60. The average molecular weight is 194 g/mol. The molecular weight excluding hydrogens is 184 g/mol. The fourth-order valence-electron chi connectivity index (χ4n) is 0.933. The van der Waals surface area contributed by atoms with E-state index in [1.54, 1.807) is 4.90 Å². The molecule has 0 amide bonds. The van der Waals surface area contributed by atoms with Gasteiger partial charge in [-0.2, -0.15) is 4.98 Å². The Morgan fingerprint density at radius 2 is 2.57 bits per heavy atom. The first-order valence-electron chi connectivity index (χ1n) is 4.06. The maximum absolute atomic E-state index is 10.5. The summed E-state index contributed by atoms with van der Waals surface area (Å²) in [6, 6.07) is 0.239. The van der Waals surface area contributed by atoms with E-state index in [1.165, 1.54) is 0 Å². The Morgan fingerprint density at radius 1 is 1.86 bits per heavy atom. The highest BCUT2D eigenvalue weighted by Crippen LogP contribution is 2.12. The Morgan fingerprint density at radius 3 is 3.00 bits per heavy atom. The zero-order valence-corrected chi connectivity index (χ0v) is 7.73. The van der Waals surface area contributed by atoms with E-state index in [2.05, 4.69) is 10.9 Å². The van der Waals surface area contributed by atoms with Gasteiger partial charge in [0.15, 0.2) is 5.69 Å². The molecule has 5 heteroatoms. The van der Waals surface area contributed by atoms with Crippen molar-refractivity contribution in [2.45, 2.75) is 6.92 Å². The summed E-state index contributed by atoms with van der Waals surface area (Å²) in [4.78, 5) is 15.9. The number of carbonyl (C=O) groups is 1. The molecular formula is C9H10N2O3. The van der Waals surface area contributed by atoms with Crippen LogP contribution in [0.2, 0.25) is 0 Å². The number of rotatable bonds is 4. The number of aromatic nitrogens is 1. The number of hydrogen-bond donors (Lipinski definition) is 1. The van der Waals surface area contributed by atoms with Crippen LogP contribution in [-0.2, 0) is 0 Å². The maximum Gasteiger partial charge on any atom is 0.357 e. The summed E-state index contributed by atoms with van der Waals surface area (Å²) in [6.07, 6.45) is 6.23. The summed E-state index contributed by atoms with van der Waals surface area (Å²) < 4.78 is 4.97. The summed E-state index contributed by atoms with van der Waals surface area (Å²) in [6.45, 7) is 2.84. The lowest BCUT2D eigenvalue weighted by molar-refractivity contribution is 0.0690. The first-order chi connectivity index (χ1) is 6.69. The fourth-order valence-corrected chi connectivity index (χ4v) is 0.933. The van der Waals surface area contributed by atoms with Crippen molar-refractivity contribution >= 4 is 12.0 Å². The molecule has 0 aliphatic heterocycles. The molecule has 0 atom stereocenters. The lowest BCUT2D eigenvalue weighted by atomic mass is 10.5. The van der Waals surface area contributed by atoms with Crippen molar-refractivity contribution in [3.63, 3.8) is 0 Å². The standard InChI is InChI=1S/C9H10N2O3/c1-3-5-11(4-2)9-10-7(6-14-9)8(12)13/h1,6H,4-5H2,2H3,(H,12,13). The molecule has 1 N–H and O–H groups in total. The Balaban J connectivity index is 2.84. The minimum absolute atomic E-state index is 0.115. The SMILES string of the molecule is C#CCN(CC)c1nc(C(=O)O)co1. The van der Waals surface area contributed by atoms with E-state index in [0.717, 1.165) is 6.26 Å². The quantitative estimate of drug-likeness (QED) is 0.719. The van der Waals surface area contributed by atoms with Crippen LogP contribution in [0.15, 0.2) is 10.7 Å². The smallest absolute Gasteiger partial charge is 0.357 e. The van der Waals surface area contributed by atoms with E-state index in [-0.39, 0.29) is 11.7 Å². The van der Waals surface area contributed by atoms with Gasteiger partial charge in [-0.3, -0.25) is 0 Å². The Hall–Kier alpha value is -1.96. The second-order valence-electron chi connectivity index (χ2n) is 2.54. The van der Waals surface area contributed by atoms with Gasteiger partial charge in [-0.05, 0) is 6.92 Å². The van der Waals surface area contributed by atoms with Crippen LogP contribution in [0, 0.1) is 12.3 Å². The maximum atomic E-state index is 10.5. The van der Waals surface area contributed by atoms with E-state index in [4.69, 9.17) is 15.9 Å². The number of hydrogen-bond acceptors (Lipinski definition) is 4. The van der Waals surface area contributed by atoms with Gasteiger partial charge >= 0.3 is 5.97 Å². The van der Waals surface area contributed by atoms with Crippen LogP contribution in [0.25, 0.3) is 0 Å². The van der Waals surface area contributed by atoms with Gasteiger partial charge in [-0.25, -0.2) is 4.79 Å². The molecule has 0 unspecified atom stereocenters. The molecule has 1 rings (SSSR count). The van der Waals surface area contributed by atoms with Crippen molar-refractivity contribution in [2.75, 3.05) is 18.0 Å². The molecule has 0 spiro atoms. The molecule has 0 aliphatic carbocycles. The number of aromatic carboxylic acids is 1. The van der Waals surface area contributed by atoms with Crippen molar-refractivity contribution < 1.29 is 14.3 Å². The first kappa shape index (κ1) is 10.1. The van der Waals surface area contributed by atoms with Crippen LogP contribution in [-0.4, -0.2) is 29.1 Å². The van der Waals surface area contributed by atoms with Crippen LogP contribution in [0.1, 0.15) is 17.4 Å². The third-order valence-corrected chi connectivity index (χ3v) is 1.65. The van der Waals surface area contributed by atoms with Crippen molar-refractivity contribution in [1.29, 1.82) is 0 Å². The van der Waals surface area contributed by atoms with Gasteiger partial charge < -0.3 is 14.4 Å². The Kier molecular flexibility index (Phi) is 3.13. The first-order valence-corrected chi connectivity index (χ1v) is 4.06. The van der Waals surface area contributed by atoms with Gasteiger partial charge in [0.1, 0.15) is 6.26 Å². The second kappa shape index (κ2) is 4.33. The number of carboxylic acids is 1. The minimum atomic E-state index is -1.11.